The molecule has 0 aliphatic carbocycles. The fourth-order valence-electron chi connectivity index (χ4n) is 7.09. The topological polar surface area (TPSA) is 149 Å². The van der Waals surface area contributed by atoms with E-state index in [0.29, 0.717) is 6.42 Å². The zero-order valence-electron chi connectivity index (χ0n) is 34.7. The van der Waals surface area contributed by atoms with E-state index < -0.39 is 49.5 Å². The summed E-state index contributed by atoms with van der Waals surface area (Å²) in [7, 11) is 0. The number of amides is 1. The van der Waals surface area contributed by atoms with Gasteiger partial charge in [0.2, 0.25) is 5.91 Å². The molecule has 7 unspecified atom stereocenters. The molecule has 9 nitrogen and oxygen atoms in total. The third-order valence-electron chi connectivity index (χ3n) is 10.8. The van der Waals surface area contributed by atoms with Gasteiger partial charge in [0.15, 0.2) is 6.29 Å². The molecule has 0 bridgehead atoms. The van der Waals surface area contributed by atoms with Crippen LogP contribution in [0, 0.1) is 0 Å². The molecule has 0 aromatic carbocycles. The average Bonchev–Trinajstić information content (AvgIpc) is 3.17. The second-order valence-electron chi connectivity index (χ2n) is 15.8. The zero-order valence-corrected chi connectivity index (χ0v) is 34.7. The van der Waals surface area contributed by atoms with Crippen LogP contribution >= 0.6 is 0 Å². The van der Waals surface area contributed by atoms with Crippen LogP contribution in [0.25, 0.3) is 0 Å². The van der Waals surface area contributed by atoms with Crippen molar-refractivity contribution in [1.29, 1.82) is 0 Å². The Labute approximate surface area is 330 Å². The highest BCUT2D eigenvalue weighted by Crippen LogP contribution is 2.22. The van der Waals surface area contributed by atoms with E-state index in [4.69, 9.17) is 9.47 Å². The highest BCUT2D eigenvalue weighted by atomic mass is 16.7. The minimum atomic E-state index is -1.56. The van der Waals surface area contributed by atoms with Gasteiger partial charge in [-0.2, -0.15) is 0 Å². The molecule has 0 aromatic rings. The second-order valence-corrected chi connectivity index (χ2v) is 15.8. The summed E-state index contributed by atoms with van der Waals surface area (Å²) in [6.07, 6.45) is 35.1. The number of nitrogens with one attached hydrogen (secondary N) is 1. The molecule has 318 valence electrons. The lowest BCUT2D eigenvalue weighted by atomic mass is 9.99. The monoisotopic (exact) mass is 768 g/mol. The summed E-state index contributed by atoms with van der Waals surface area (Å²) >= 11 is 0. The van der Waals surface area contributed by atoms with Crippen molar-refractivity contribution in [2.45, 2.75) is 243 Å². The standard InChI is InChI=1S/C45H85NO8/c1-3-5-7-9-11-13-15-16-17-18-19-20-21-22-23-25-27-29-31-33-35-41(49)46-38(37-53-45-44(52)43(51)42(50)40(36-47)54-45)39(48)34-32-30-28-26-24-14-12-10-8-6-4-2/h19-20,32,34,38-40,42-45,47-48,50-52H,3-18,21-31,33,35-37H2,1-2H3,(H,46,49)/b20-19-,34-32+. The van der Waals surface area contributed by atoms with Gasteiger partial charge >= 0.3 is 0 Å². The molecule has 0 radical (unpaired) electrons. The number of carbonyl (C=O) groups excluding carboxylic acids is 1. The fraction of sp³-hybridized carbons (Fsp3) is 0.889. The largest absolute Gasteiger partial charge is 0.394 e. The van der Waals surface area contributed by atoms with Crippen molar-refractivity contribution in [2.24, 2.45) is 0 Å². The van der Waals surface area contributed by atoms with Crippen molar-refractivity contribution in [1.82, 2.24) is 5.32 Å². The molecule has 54 heavy (non-hydrogen) atoms. The van der Waals surface area contributed by atoms with Crippen LogP contribution in [0.2, 0.25) is 0 Å². The third kappa shape index (κ3) is 26.5. The molecular formula is C45H85NO8. The van der Waals surface area contributed by atoms with Crippen LogP contribution in [0.5, 0.6) is 0 Å². The predicted molar refractivity (Wildman–Crippen MR) is 221 cm³/mol. The van der Waals surface area contributed by atoms with Crippen molar-refractivity contribution in [3.05, 3.63) is 24.3 Å². The molecule has 1 rings (SSSR count). The molecule has 0 spiro atoms. The summed E-state index contributed by atoms with van der Waals surface area (Å²) < 4.78 is 11.2. The summed E-state index contributed by atoms with van der Waals surface area (Å²) in [4.78, 5) is 12.9. The van der Waals surface area contributed by atoms with E-state index in [9.17, 15) is 30.3 Å². The average molecular weight is 768 g/mol. The number of unbranched alkanes of at least 4 members (excludes halogenated alkanes) is 25. The molecule has 0 saturated carbocycles. The number of aliphatic hydroxyl groups is 5. The Kier molecular flexibility index (Phi) is 33.8. The first-order valence-electron chi connectivity index (χ1n) is 22.6. The number of carbonyl (C=O) groups is 1. The Balaban J connectivity index is 2.32. The van der Waals surface area contributed by atoms with Crippen molar-refractivity contribution in [2.75, 3.05) is 13.2 Å². The predicted octanol–water partition coefficient (Wildman–Crippen LogP) is 9.11. The normalized spacial score (nSPS) is 21.6. The molecule has 9 heteroatoms. The van der Waals surface area contributed by atoms with Crippen LogP contribution in [0.4, 0.5) is 0 Å². The van der Waals surface area contributed by atoms with Crippen molar-refractivity contribution < 1.29 is 39.8 Å². The Morgan fingerprint density at radius 2 is 1.04 bits per heavy atom. The summed E-state index contributed by atoms with van der Waals surface area (Å²) in [5.74, 6) is -0.182. The fourth-order valence-corrected chi connectivity index (χ4v) is 7.09. The van der Waals surface area contributed by atoms with E-state index in [1.165, 1.54) is 141 Å². The van der Waals surface area contributed by atoms with Gasteiger partial charge in [0.05, 0.1) is 25.4 Å². The van der Waals surface area contributed by atoms with Gasteiger partial charge in [0, 0.05) is 6.42 Å². The Morgan fingerprint density at radius 3 is 1.50 bits per heavy atom. The first kappa shape index (κ1) is 50.7. The first-order valence-corrected chi connectivity index (χ1v) is 22.6. The van der Waals surface area contributed by atoms with Gasteiger partial charge in [-0.15, -0.1) is 0 Å². The molecule has 1 aliphatic heterocycles. The van der Waals surface area contributed by atoms with Gasteiger partial charge in [0.25, 0.3) is 0 Å². The Hall–Kier alpha value is -1.33. The maximum Gasteiger partial charge on any atom is 0.220 e. The zero-order chi connectivity index (χ0) is 39.5. The molecule has 1 heterocycles. The summed E-state index contributed by atoms with van der Waals surface area (Å²) in [6, 6.07) is -0.802. The van der Waals surface area contributed by atoms with Crippen LogP contribution in [-0.2, 0) is 14.3 Å². The van der Waals surface area contributed by atoms with Gasteiger partial charge in [0.1, 0.15) is 24.4 Å². The van der Waals surface area contributed by atoms with E-state index in [0.717, 1.165) is 38.5 Å². The van der Waals surface area contributed by atoms with Gasteiger partial charge in [-0.3, -0.25) is 4.79 Å². The molecule has 7 atom stereocenters. The molecule has 1 saturated heterocycles. The van der Waals surface area contributed by atoms with Crippen molar-refractivity contribution in [3.8, 4) is 0 Å². The van der Waals surface area contributed by atoms with Crippen LogP contribution in [0.3, 0.4) is 0 Å². The molecule has 0 aromatic heterocycles. The minimum Gasteiger partial charge on any atom is -0.394 e. The van der Waals surface area contributed by atoms with E-state index in [2.05, 4.69) is 31.3 Å². The highest BCUT2D eigenvalue weighted by Gasteiger charge is 2.44. The Morgan fingerprint density at radius 1 is 0.611 bits per heavy atom. The number of allylic oxidation sites excluding steroid dienone is 3. The van der Waals surface area contributed by atoms with Gasteiger partial charge < -0.3 is 40.3 Å². The van der Waals surface area contributed by atoms with Crippen molar-refractivity contribution in [3.63, 3.8) is 0 Å². The molecule has 1 fully saturated rings. The van der Waals surface area contributed by atoms with Crippen LogP contribution < -0.4 is 5.32 Å². The number of hydrogen-bond acceptors (Lipinski definition) is 8. The van der Waals surface area contributed by atoms with Crippen LogP contribution in [-0.4, -0.2) is 87.5 Å². The smallest absolute Gasteiger partial charge is 0.220 e. The number of hydrogen-bond donors (Lipinski definition) is 6. The quantitative estimate of drug-likeness (QED) is 0.0271. The van der Waals surface area contributed by atoms with E-state index >= 15 is 0 Å². The van der Waals surface area contributed by atoms with Gasteiger partial charge in [-0.25, -0.2) is 0 Å². The maximum atomic E-state index is 12.9. The molecular weight excluding hydrogens is 682 g/mol. The van der Waals surface area contributed by atoms with Crippen LogP contribution in [0.15, 0.2) is 24.3 Å². The summed E-state index contributed by atoms with van der Waals surface area (Å²) in [6.45, 7) is 3.75. The first-order chi connectivity index (χ1) is 26.3. The lowest BCUT2D eigenvalue weighted by molar-refractivity contribution is -0.302. The minimum absolute atomic E-state index is 0.182. The maximum absolute atomic E-state index is 12.9. The lowest BCUT2D eigenvalue weighted by Crippen LogP contribution is -2.60. The van der Waals surface area contributed by atoms with Gasteiger partial charge in [-0.05, 0) is 44.9 Å². The highest BCUT2D eigenvalue weighted by molar-refractivity contribution is 5.76. The van der Waals surface area contributed by atoms with E-state index in [1.807, 2.05) is 6.08 Å². The molecule has 6 N–H and O–H groups in total. The van der Waals surface area contributed by atoms with E-state index in [1.54, 1.807) is 6.08 Å². The summed E-state index contributed by atoms with van der Waals surface area (Å²) in [5.41, 5.74) is 0. The molecule has 1 amide bonds. The second kappa shape index (κ2) is 36.0. The Bertz CT molecular complexity index is 899. The number of rotatable bonds is 37. The van der Waals surface area contributed by atoms with E-state index in [-0.39, 0.29) is 12.5 Å². The summed E-state index contributed by atoms with van der Waals surface area (Å²) in [5, 5.41) is 54.0. The number of ether oxygens (including phenoxy) is 2. The van der Waals surface area contributed by atoms with Crippen LogP contribution in [0.1, 0.15) is 200 Å². The van der Waals surface area contributed by atoms with Gasteiger partial charge in [-0.1, -0.05) is 173 Å². The lowest BCUT2D eigenvalue weighted by Gasteiger charge is -2.40. The molecule has 1 aliphatic rings. The SMILES string of the molecule is CCCCCCCCCCC/C=C\CCCCCCCCCC(=O)NC(COC1OC(CO)C(O)C(O)C1O)C(O)/C=C/CCCCCCCCCCC. The third-order valence-corrected chi connectivity index (χ3v) is 10.8. The number of aliphatic hydroxyl groups excluding tert-OH is 5. The van der Waals surface area contributed by atoms with Crippen molar-refractivity contribution >= 4 is 5.91 Å².